The average molecular weight is 319 g/mol. The van der Waals surface area contributed by atoms with Crippen LogP contribution in [0.3, 0.4) is 0 Å². The topological polar surface area (TPSA) is 78.0 Å². The van der Waals surface area contributed by atoms with Crippen molar-refractivity contribution in [3.8, 4) is 0 Å². The maximum atomic E-state index is 5.89. The fourth-order valence-corrected chi connectivity index (χ4v) is 2.87. The summed E-state index contributed by atoms with van der Waals surface area (Å²) in [5, 5.41) is 11.8. The lowest BCUT2D eigenvalue weighted by atomic mass is 9.97. The highest BCUT2D eigenvalue weighted by atomic mass is 16.5. The second-order valence-electron chi connectivity index (χ2n) is 6.56. The third-order valence-electron chi connectivity index (χ3n) is 4.30. The largest absolute Gasteiger partial charge is 0.373 e. The zero-order chi connectivity index (χ0) is 16.4. The molecule has 0 unspecified atom stereocenters. The highest BCUT2D eigenvalue weighted by Crippen LogP contribution is 2.34. The van der Waals surface area contributed by atoms with E-state index in [0.717, 1.165) is 31.0 Å². The summed E-state index contributed by atoms with van der Waals surface area (Å²) in [4.78, 5) is 4.45. The number of rotatable bonds is 6. The molecule has 3 atom stereocenters. The highest BCUT2D eigenvalue weighted by molar-refractivity contribution is 5.11. The second-order valence-corrected chi connectivity index (χ2v) is 6.56. The Morgan fingerprint density at radius 1 is 1.39 bits per heavy atom. The number of nitrogens with one attached hydrogen (secondary N) is 1. The van der Waals surface area contributed by atoms with Gasteiger partial charge in [0.1, 0.15) is 0 Å². The van der Waals surface area contributed by atoms with E-state index in [4.69, 9.17) is 9.26 Å². The predicted octanol–water partition coefficient (Wildman–Crippen LogP) is 2.35. The number of hydrogen-bond donors (Lipinski definition) is 1. The molecule has 23 heavy (non-hydrogen) atoms. The standard InChI is InChI=1S/C16H25N5O2/c1-10(2)15-19-16(23-20-15)11(3)17-7-12-5-6-22-14(12)13-8-18-21(4)9-13/h8-12,14,17H,5-7H2,1-4H3/t11-,12-,14+/m0/s1. The van der Waals surface area contributed by atoms with E-state index in [0.29, 0.717) is 11.8 Å². The van der Waals surface area contributed by atoms with E-state index < -0.39 is 0 Å². The van der Waals surface area contributed by atoms with Crippen molar-refractivity contribution in [1.82, 2.24) is 25.2 Å². The third-order valence-corrected chi connectivity index (χ3v) is 4.30. The number of nitrogens with zero attached hydrogens (tertiary/aromatic N) is 4. The normalized spacial score (nSPS) is 22.8. The molecule has 1 N–H and O–H groups in total. The molecule has 126 valence electrons. The Morgan fingerprint density at radius 3 is 2.87 bits per heavy atom. The minimum atomic E-state index is 0.0325. The van der Waals surface area contributed by atoms with Gasteiger partial charge in [-0.15, -0.1) is 0 Å². The summed E-state index contributed by atoms with van der Waals surface area (Å²) in [6.07, 6.45) is 5.07. The van der Waals surface area contributed by atoms with Crippen LogP contribution >= 0.6 is 0 Å². The van der Waals surface area contributed by atoms with Gasteiger partial charge in [0, 0.05) is 43.8 Å². The van der Waals surface area contributed by atoms with Gasteiger partial charge in [-0.05, 0) is 13.3 Å². The van der Waals surface area contributed by atoms with Gasteiger partial charge >= 0.3 is 0 Å². The Kier molecular flexibility index (Phi) is 4.77. The van der Waals surface area contributed by atoms with Gasteiger partial charge < -0.3 is 14.6 Å². The van der Waals surface area contributed by atoms with E-state index in [-0.39, 0.29) is 18.1 Å². The summed E-state index contributed by atoms with van der Waals surface area (Å²) < 4.78 is 13.1. The summed E-state index contributed by atoms with van der Waals surface area (Å²) in [6, 6.07) is 0.0325. The predicted molar refractivity (Wildman–Crippen MR) is 84.8 cm³/mol. The Hall–Kier alpha value is -1.73. The fourth-order valence-electron chi connectivity index (χ4n) is 2.87. The smallest absolute Gasteiger partial charge is 0.243 e. The van der Waals surface area contributed by atoms with Crippen molar-refractivity contribution in [2.24, 2.45) is 13.0 Å². The fraction of sp³-hybridized carbons (Fsp3) is 0.688. The van der Waals surface area contributed by atoms with Crippen molar-refractivity contribution >= 4 is 0 Å². The first kappa shape index (κ1) is 16.1. The molecule has 1 fully saturated rings. The summed E-state index contributed by atoms with van der Waals surface area (Å²) in [6.45, 7) is 7.80. The number of aromatic nitrogens is 4. The molecular formula is C16H25N5O2. The number of hydrogen-bond acceptors (Lipinski definition) is 6. The summed E-state index contributed by atoms with van der Waals surface area (Å²) in [7, 11) is 1.93. The lowest BCUT2D eigenvalue weighted by molar-refractivity contribution is 0.0895. The van der Waals surface area contributed by atoms with E-state index in [2.05, 4.69) is 34.4 Å². The van der Waals surface area contributed by atoms with Crippen molar-refractivity contribution in [3.63, 3.8) is 0 Å². The van der Waals surface area contributed by atoms with Crippen LogP contribution < -0.4 is 5.32 Å². The SMILES string of the molecule is CC(C)c1noc([C@H](C)NC[C@@H]2CCO[C@H]2c2cnn(C)c2)n1. The molecular weight excluding hydrogens is 294 g/mol. The first-order chi connectivity index (χ1) is 11.0. The minimum absolute atomic E-state index is 0.0325. The van der Waals surface area contributed by atoms with Crippen molar-refractivity contribution in [2.75, 3.05) is 13.2 Å². The van der Waals surface area contributed by atoms with Crippen LogP contribution in [0.25, 0.3) is 0 Å². The maximum Gasteiger partial charge on any atom is 0.243 e. The molecule has 0 radical (unpaired) electrons. The van der Waals surface area contributed by atoms with Gasteiger partial charge in [0.05, 0.1) is 18.3 Å². The Morgan fingerprint density at radius 2 is 2.22 bits per heavy atom. The van der Waals surface area contributed by atoms with Crippen LogP contribution in [0.1, 0.15) is 62.5 Å². The minimum Gasteiger partial charge on any atom is -0.373 e. The van der Waals surface area contributed by atoms with Crippen LogP contribution in [0.5, 0.6) is 0 Å². The molecule has 0 aliphatic carbocycles. The van der Waals surface area contributed by atoms with Crippen LogP contribution in [-0.2, 0) is 11.8 Å². The Labute approximate surface area is 136 Å². The molecule has 0 amide bonds. The molecule has 0 saturated carbocycles. The van der Waals surface area contributed by atoms with E-state index in [9.17, 15) is 0 Å². The molecule has 2 aromatic rings. The molecule has 7 heteroatoms. The quantitative estimate of drug-likeness (QED) is 0.880. The van der Waals surface area contributed by atoms with Gasteiger partial charge in [-0.2, -0.15) is 10.1 Å². The van der Waals surface area contributed by atoms with Gasteiger partial charge in [-0.3, -0.25) is 4.68 Å². The molecule has 2 aromatic heterocycles. The molecule has 1 aliphatic heterocycles. The van der Waals surface area contributed by atoms with Gasteiger partial charge in [-0.25, -0.2) is 0 Å². The van der Waals surface area contributed by atoms with Crippen LogP contribution in [-0.4, -0.2) is 33.1 Å². The maximum absolute atomic E-state index is 5.89. The average Bonchev–Trinajstić information content (AvgIpc) is 3.24. The summed E-state index contributed by atoms with van der Waals surface area (Å²) in [5.41, 5.74) is 1.14. The summed E-state index contributed by atoms with van der Waals surface area (Å²) in [5.74, 6) is 2.10. The van der Waals surface area contributed by atoms with Crippen molar-refractivity contribution < 1.29 is 9.26 Å². The van der Waals surface area contributed by atoms with Gasteiger partial charge in [0.25, 0.3) is 0 Å². The van der Waals surface area contributed by atoms with Crippen LogP contribution in [0.4, 0.5) is 0 Å². The molecule has 0 aromatic carbocycles. The van der Waals surface area contributed by atoms with Crippen molar-refractivity contribution in [2.45, 2.75) is 45.3 Å². The van der Waals surface area contributed by atoms with Crippen LogP contribution in [0.15, 0.2) is 16.9 Å². The van der Waals surface area contributed by atoms with Crippen molar-refractivity contribution in [1.29, 1.82) is 0 Å². The second kappa shape index (κ2) is 6.80. The first-order valence-electron chi connectivity index (χ1n) is 8.21. The third kappa shape index (κ3) is 3.61. The number of aryl methyl sites for hydroxylation is 1. The molecule has 0 bridgehead atoms. The molecule has 3 heterocycles. The van der Waals surface area contributed by atoms with E-state index in [1.165, 1.54) is 0 Å². The zero-order valence-corrected chi connectivity index (χ0v) is 14.2. The van der Waals surface area contributed by atoms with Crippen molar-refractivity contribution in [3.05, 3.63) is 29.7 Å². The molecule has 0 spiro atoms. The highest BCUT2D eigenvalue weighted by Gasteiger charge is 2.31. The van der Waals surface area contributed by atoms with E-state index in [1.807, 2.05) is 31.0 Å². The van der Waals surface area contributed by atoms with Crippen LogP contribution in [0.2, 0.25) is 0 Å². The molecule has 7 nitrogen and oxygen atoms in total. The van der Waals surface area contributed by atoms with Gasteiger partial charge in [0.15, 0.2) is 5.82 Å². The van der Waals surface area contributed by atoms with E-state index >= 15 is 0 Å². The van der Waals surface area contributed by atoms with Crippen LogP contribution in [0, 0.1) is 5.92 Å². The Bertz CT molecular complexity index is 636. The lowest BCUT2D eigenvalue weighted by Gasteiger charge is -2.19. The molecule has 1 saturated heterocycles. The van der Waals surface area contributed by atoms with E-state index in [1.54, 1.807) is 0 Å². The van der Waals surface area contributed by atoms with Gasteiger partial charge in [-0.1, -0.05) is 19.0 Å². The molecule has 1 aliphatic rings. The molecule has 3 rings (SSSR count). The summed E-state index contributed by atoms with van der Waals surface area (Å²) >= 11 is 0. The monoisotopic (exact) mass is 319 g/mol. The zero-order valence-electron chi connectivity index (χ0n) is 14.2. The Balaban J connectivity index is 1.58. The number of ether oxygens (including phenoxy) is 1. The first-order valence-corrected chi connectivity index (χ1v) is 8.21. The van der Waals surface area contributed by atoms with Gasteiger partial charge in [0.2, 0.25) is 5.89 Å². The lowest BCUT2D eigenvalue weighted by Crippen LogP contribution is -2.27.